The van der Waals surface area contributed by atoms with Crippen LogP contribution in [-0.2, 0) is 0 Å². The Kier molecular flexibility index (Phi) is 4.49. The van der Waals surface area contributed by atoms with Crippen molar-refractivity contribution in [1.29, 1.82) is 0 Å². The Labute approximate surface area is 146 Å². The largest absolute Gasteiger partial charge is 0.335 e. The fraction of sp³-hybridized carbons (Fsp3) is 0.444. The first-order chi connectivity index (χ1) is 11.8. The number of thiazole rings is 1. The van der Waals surface area contributed by atoms with E-state index >= 15 is 0 Å². The fourth-order valence-corrected chi connectivity index (χ4v) is 3.95. The summed E-state index contributed by atoms with van der Waals surface area (Å²) in [5.74, 6) is 0. The van der Waals surface area contributed by atoms with Crippen LogP contribution in [0.2, 0.25) is 0 Å². The third-order valence-corrected chi connectivity index (χ3v) is 5.48. The summed E-state index contributed by atoms with van der Waals surface area (Å²) in [7, 11) is 0. The highest BCUT2D eigenvalue weighted by molar-refractivity contribution is 7.14. The quantitative estimate of drug-likeness (QED) is 0.893. The zero-order valence-corrected chi connectivity index (χ0v) is 14.4. The van der Waals surface area contributed by atoms with E-state index in [0.29, 0.717) is 5.13 Å². The van der Waals surface area contributed by atoms with Crippen molar-refractivity contribution in [3.05, 3.63) is 35.7 Å². The van der Waals surface area contributed by atoms with Gasteiger partial charge in [-0.15, -0.1) is 11.3 Å². The molecule has 1 aromatic carbocycles. The van der Waals surface area contributed by atoms with Gasteiger partial charge >= 0.3 is 6.03 Å². The van der Waals surface area contributed by atoms with Crippen molar-refractivity contribution < 1.29 is 4.79 Å². The highest BCUT2D eigenvalue weighted by atomic mass is 32.1. The monoisotopic (exact) mass is 342 g/mol. The van der Waals surface area contributed by atoms with Gasteiger partial charge in [0.1, 0.15) is 0 Å². The Hall–Kier alpha value is -1.92. The van der Waals surface area contributed by atoms with Gasteiger partial charge < -0.3 is 10.2 Å². The van der Waals surface area contributed by atoms with Crippen LogP contribution in [0.1, 0.15) is 25.7 Å². The van der Waals surface area contributed by atoms with Crippen LogP contribution in [-0.4, -0.2) is 41.1 Å². The zero-order valence-electron chi connectivity index (χ0n) is 13.6. The van der Waals surface area contributed by atoms with Gasteiger partial charge in [0.25, 0.3) is 0 Å². The van der Waals surface area contributed by atoms with Crippen LogP contribution in [0.15, 0.2) is 35.7 Å². The Bertz CT molecular complexity index is 690. The Morgan fingerprint density at radius 3 is 2.58 bits per heavy atom. The molecule has 126 valence electrons. The van der Waals surface area contributed by atoms with E-state index in [-0.39, 0.29) is 12.1 Å². The lowest BCUT2D eigenvalue weighted by atomic mass is 10.1. The molecule has 6 heteroatoms. The maximum absolute atomic E-state index is 12.2. The summed E-state index contributed by atoms with van der Waals surface area (Å²) < 4.78 is 0. The molecular weight excluding hydrogens is 320 g/mol. The summed E-state index contributed by atoms with van der Waals surface area (Å²) in [6.45, 7) is 2.20. The average molecular weight is 342 g/mol. The average Bonchev–Trinajstić information content (AvgIpc) is 3.36. The van der Waals surface area contributed by atoms with Gasteiger partial charge in [-0.1, -0.05) is 30.3 Å². The molecule has 0 bridgehead atoms. The number of urea groups is 1. The summed E-state index contributed by atoms with van der Waals surface area (Å²) in [4.78, 5) is 19.2. The van der Waals surface area contributed by atoms with E-state index in [1.807, 2.05) is 35.7 Å². The molecule has 1 aliphatic carbocycles. The number of nitrogens with zero attached hydrogens (tertiary/aromatic N) is 2. The van der Waals surface area contributed by atoms with E-state index in [1.165, 1.54) is 24.2 Å². The summed E-state index contributed by atoms with van der Waals surface area (Å²) >= 11 is 1.46. The number of benzene rings is 1. The second-order valence-electron chi connectivity index (χ2n) is 6.54. The molecule has 2 amide bonds. The van der Waals surface area contributed by atoms with Gasteiger partial charge in [0.05, 0.1) is 5.69 Å². The van der Waals surface area contributed by atoms with Gasteiger partial charge in [-0.05, 0) is 25.7 Å². The Balaban J connectivity index is 1.28. The van der Waals surface area contributed by atoms with E-state index in [1.54, 1.807) is 0 Å². The first kappa shape index (κ1) is 15.6. The summed E-state index contributed by atoms with van der Waals surface area (Å²) in [6.07, 6.45) is 4.78. The molecule has 24 heavy (non-hydrogen) atoms. The van der Waals surface area contributed by atoms with Crippen molar-refractivity contribution in [3.8, 4) is 11.3 Å². The van der Waals surface area contributed by atoms with Crippen LogP contribution >= 0.6 is 11.3 Å². The molecule has 1 aliphatic heterocycles. The maximum atomic E-state index is 12.2. The van der Waals surface area contributed by atoms with Crippen LogP contribution in [0, 0.1) is 0 Å². The molecular formula is C18H22N4OS. The fourth-order valence-electron chi connectivity index (χ4n) is 3.24. The third kappa shape index (κ3) is 3.76. The number of piperidine rings is 1. The minimum atomic E-state index is -0.145. The van der Waals surface area contributed by atoms with Crippen molar-refractivity contribution in [2.45, 2.75) is 37.8 Å². The molecule has 2 fully saturated rings. The Morgan fingerprint density at radius 1 is 1.12 bits per heavy atom. The van der Waals surface area contributed by atoms with Crippen molar-refractivity contribution >= 4 is 22.5 Å². The topological polar surface area (TPSA) is 57.3 Å². The van der Waals surface area contributed by atoms with Gasteiger partial charge in [-0.3, -0.25) is 5.32 Å². The number of hydrogen-bond acceptors (Lipinski definition) is 4. The van der Waals surface area contributed by atoms with Crippen molar-refractivity contribution in [2.75, 3.05) is 18.4 Å². The number of carbonyl (C=O) groups is 1. The maximum Gasteiger partial charge on any atom is 0.321 e. The van der Waals surface area contributed by atoms with E-state index in [0.717, 1.165) is 43.2 Å². The van der Waals surface area contributed by atoms with Gasteiger partial charge in [-0.2, -0.15) is 0 Å². The third-order valence-electron chi connectivity index (χ3n) is 4.72. The first-order valence-corrected chi connectivity index (χ1v) is 9.48. The number of carbonyl (C=O) groups excluding carboxylic acids is 1. The number of nitrogens with one attached hydrogen (secondary N) is 2. The van der Waals surface area contributed by atoms with Crippen molar-refractivity contribution in [1.82, 2.24) is 15.2 Å². The lowest BCUT2D eigenvalue weighted by Gasteiger charge is -2.32. The molecule has 1 aromatic heterocycles. The van der Waals surface area contributed by atoms with Gasteiger partial charge in [-0.25, -0.2) is 9.78 Å². The lowest BCUT2D eigenvalue weighted by Crippen LogP contribution is -2.46. The second kappa shape index (κ2) is 6.91. The number of amides is 2. The predicted octanol–water partition coefficient (Wildman–Crippen LogP) is 3.56. The zero-order chi connectivity index (χ0) is 16.4. The highest BCUT2D eigenvalue weighted by Gasteiger charge is 2.32. The SMILES string of the molecule is O=C(Nc1nc(-c2ccccc2)cs1)NC1CCN(C2CC2)CC1. The number of likely N-dealkylation sites (tertiary alicyclic amines) is 1. The van der Waals surface area contributed by atoms with Gasteiger partial charge in [0.2, 0.25) is 0 Å². The molecule has 0 unspecified atom stereocenters. The normalized spacial score (nSPS) is 19.2. The van der Waals surface area contributed by atoms with Crippen molar-refractivity contribution in [3.63, 3.8) is 0 Å². The minimum absolute atomic E-state index is 0.145. The van der Waals surface area contributed by atoms with Gasteiger partial charge in [0.15, 0.2) is 5.13 Å². The second-order valence-corrected chi connectivity index (χ2v) is 7.40. The van der Waals surface area contributed by atoms with Crippen LogP contribution in [0.4, 0.5) is 9.93 Å². The molecule has 1 saturated heterocycles. The van der Waals surface area contributed by atoms with Crippen molar-refractivity contribution in [2.24, 2.45) is 0 Å². The smallest absolute Gasteiger partial charge is 0.321 e. The molecule has 2 aliphatic rings. The number of anilines is 1. The van der Waals surface area contributed by atoms with Crippen LogP contribution in [0.25, 0.3) is 11.3 Å². The summed E-state index contributed by atoms with van der Waals surface area (Å²) in [5, 5.41) is 8.57. The van der Waals surface area contributed by atoms with Gasteiger partial charge in [0, 0.05) is 36.1 Å². The molecule has 2 N–H and O–H groups in total. The number of rotatable bonds is 4. The molecule has 0 spiro atoms. The van der Waals surface area contributed by atoms with E-state index in [2.05, 4.69) is 20.5 Å². The molecule has 4 rings (SSSR count). The Morgan fingerprint density at radius 2 is 1.88 bits per heavy atom. The summed E-state index contributed by atoms with van der Waals surface area (Å²) in [5.41, 5.74) is 1.96. The molecule has 1 saturated carbocycles. The van der Waals surface area contributed by atoms with Crippen LogP contribution < -0.4 is 10.6 Å². The molecule has 5 nitrogen and oxygen atoms in total. The minimum Gasteiger partial charge on any atom is -0.335 e. The number of hydrogen-bond donors (Lipinski definition) is 2. The van der Waals surface area contributed by atoms with E-state index in [9.17, 15) is 4.79 Å². The molecule has 2 heterocycles. The van der Waals surface area contributed by atoms with Crippen LogP contribution in [0.5, 0.6) is 0 Å². The molecule has 0 radical (unpaired) electrons. The number of aromatic nitrogens is 1. The first-order valence-electron chi connectivity index (χ1n) is 8.60. The predicted molar refractivity (Wildman–Crippen MR) is 97.3 cm³/mol. The summed E-state index contributed by atoms with van der Waals surface area (Å²) in [6, 6.07) is 11.0. The lowest BCUT2D eigenvalue weighted by molar-refractivity contribution is 0.189. The standard InChI is InChI=1S/C18H22N4OS/c23-17(19-14-8-10-22(11-9-14)15-6-7-15)21-18-20-16(12-24-18)13-4-2-1-3-5-13/h1-5,12,14-15H,6-11H2,(H2,19,20,21,23). The molecule has 0 atom stereocenters. The molecule has 2 aromatic rings. The van der Waals surface area contributed by atoms with E-state index < -0.39 is 0 Å². The highest BCUT2D eigenvalue weighted by Crippen LogP contribution is 2.29. The van der Waals surface area contributed by atoms with E-state index in [4.69, 9.17) is 0 Å². The van der Waals surface area contributed by atoms with Crippen LogP contribution in [0.3, 0.4) is 0 Å².